The van der Waals surface area contributed by atoms with Gasteiger partial charge in [0.05, 0.1) is 5.69 Å². The van der Waals surface area contributed by atoms with Crippen LogP contribution >= 0.6 is 11.3 Å². The summed E-state index contributed by atoms with van der Waals surface area (Å²) in [5.74, 6) is -0.102. The van der Waals surface area contributed by atoms with Gasteiger partial charge in [-0.15, -0.1) is 11.3 Å². The first-order valence-corrected chi connectivity index (χ1v) is 12.9. The minimum absolute atomic E-state index is 0.124. The molecule has 8 nitrogen and oxygen atoms in total. The Hall–Kier alpha value is -2.56. The van der Waals surface area contributed by atoms with Crippen LogP contribution in [-0.2, 0) is 21.2 Å². The second-order valence-corrected chi connectivity index (χ2v) is 10.6. The third kappa shape index (κ3) is 4.48. The van der Waals surface area contributed by atoms with Crippen LogP contribution in [0.5, 0.6) is 0 Å². The molecule has 4 rings (SSSR count). The number of hydrogen-bond acceptors (Lipinski definition) is 7. The van der Waals surface area contributed by atoms with Gasteiger partial charge in [-0.25, -0.2) is 13.4 Å². The molecule has 1 fully saturated rings. The second-order valence-electron chi connectivity index (χ2n) is 7.91. The highest BCUT2D eigenvalue weighted by Gasteiger charge is 2.35. The maximum atomic E-state index is 13.0. The number of nitrogens with one attached hydrogen (secondary N) is 1. The number of sulfonamides is 1. The lowest BCUT2D eigenvalue weighted by molar-refractivity contribution is -0.120. The number of anilines is 1. The van der Waals surface area contributed by atoms with Crippen molar-refractivity contribution in [3.63, 3.8) is 0 Å². The maximum absolute atomic E-state index is 13.0. The predicted octanol–water partition coefficient (Wildman–Crippen LogP) is 4.02. The van der Waals surface area contributed by atoms with Crippen molar-refractivity contribution in [1.82, 2.24) is 14.4 Å². The average Bonchev–Trinajstić information content (AvgIpc) is 3.40. The van der Waals surface area contributed by atoms with Gasteiger partial charge in [-0.05, 0) is 38.7 Å². The van der Waals surface area contributed by atoms with Crippen LogP contribution in [0.15, 0.2) is 39.1 Å². The van der Waals surface area contributed by atoms with E-state index in [1.54, 1.807) is 13.8 Å². The molecule has 0 radical (unpaired) electrons. The average molecular weight is 475 g/mol. The van der Waals surface area contributed by atoms with Gasteiger partial charge in [0.15, 0.2) is 10.9 Å². The van der Waals surface area contributed by atoms with Crippen molar-refractivity contribution in [2.24, 2.45) is 5.92 Å². The summed E-state index contributed by atoms with van der Waals surface area (Å²) in [6.07, 6.45) is 1.88. The van der Waals surface area contributed by atoms with Gasteiger partial charge in [0.1, 0.15) is 10.6 Å². The number of aromatic nitrogens is 2. The number of benzene rings is 1. The van der Waals surface area contributed by atoms with Crippen LogP contribution in [0.4, 0.5) is 5.13 Å². The molecule has 3 heterocycles. The monoisotopic (exact) mass is 474 g/mol. The van der Waals surface area contributed by atoms with Crippen LogP contribution in [0.1, 0.15) is 36.8 Å². The van der Waals surface area contributed by atoms with Crippen LogP contribution < -0.4 is 5.32 Å². The van der Waals surface area contributed by atoms with E-state index in [1.807, 2.05) is 17.5 Å². The Kier molecular flexibility index (Phi) is 6.45. The van der Waals surface area contributed by atoms with Crippen LogP contribution in [-0.4, -0.2) is 41.9 Å². The van der Waals surface area contributed by atoms with E-state index in [0.29, 0.717) is 23.7 Å². The summed E-state index contributed by atoms with van der Waals surface area (Å²) in [4.78, 5) is 17.4. The van der Waals surface area contributed by atoms with E-state index in [0.717, 1.165) is 17.7 Å². The number of aryl methyl sites for hydroxylation is 3. The molecular weight excluding hydrogens is 448 g/mol. The standard InChI is InChI=1S/C22H26N4O4S2/c1-4-16-5-7-17(8-6-16)19-13-31-22(23-19)24-21(27)18-9-11-26(12-10-18)32(28,29)20-14(2)25-30-15(20)3/h5-8,13,18H,4,9-12H2,1-3H3,(H,23,24,27). The number of carbonyl (C=O) groups excluding carboxylic acids is 1. The largest absolute Gasteiger partial charge is 0.360 e. The molecule has 0 unspecified atom stereocenters. The zero-order chi connectivity index (χ0) is 22.9. The number of piperidine rings is 1. The van der Waals surface area contributed by atoms with E-state index >= 15 is 0 Å². The number of rotatable bonds is 6. The summed E-state index contributed by atoms with van der Waals surface area (Å²) in [7, 11) is -3.69. The lowest BCUT2D eigenvalue weighted by atomic mass is 9.97. The van der Waals surface area contributed by atoms with Gasteiger partial charge >= 0.3 is 0 Å². The van der Waals surface area contributed by atoms with Crippen molar-refractivity contribution < 1.29 is 17.7 Å². The van der Waals surface area contributed by atoms with Crippen molar-refractivity contribution >= 4 is 32.4 Å². The minimum Gasteiger partial charge on any atom is -0.360 e. The molecule has 1 aliphatic rings. The quantitative estimate of drug-likeness (QED) is 0.579. The summed E-state index contributed by atoms with van der Waals surface area (Å²) >= 11 is 1.39. The lowest BCUT2D eigenvalue weighted by Crippen LogP contribution is -2.41. The van der Waals surface area contributed by atoms with Gasteiger partial charge in [-0.2, -0.15) is 4.31 Å². The smallest absolute Gasteiger partial charge is 0.248 e. The van der Waals surface area contributed by atoms with Gasteiger partial charge in [-0.3, -0.25) is 4.79 Å². The lowest BCUT2D eigenvalue weighted by Gasteiger charge is -2.30. The minimum atomic E-state index is -3.69. The zero-order valence-corrected chi connectivity index (χ0v) is 19.9. The zero-order valence-electron chi connectivity index (χ0n) is 18.3. The molecule has 0 spiro atoms. The van der Waals surface area contributed by atoms with E-state index in [-0.39, 0.29) is 35.6 Å². The van der Waals surface area contributed by atoms with Crippen LogP contribution in [0.25, 0.3) is 11.3 Å². The number of carbonyl (C=O) groups is 1. The van der Waals surface area contributed by atoms with Crippen molar-refractivity contribution in [3.8, 4) is 11.3 Å². The van der Waals surface area contributed by atoms with Crippen molar-refractivity contribution in [1.29, 1.82) is 0 Å². The normalized spacial score (nSPS) is 15.7. The van der Waals surface area contributed by atoms with Crippen LogP contribution in [0, 0.1) is 19.8 Å². The first-order valence-electron chi connectivity index (χ1n) is 10.6. The first kappa shape index (κ1) is 22.6. The molecule has 170 valence electrons. The fourth-order valence-corrected chi connectivity index (χ4v) is 6.40. The van der Waals surface area contributed by atoms with E-state index in [9.17, 15) is 13.2 Å². The fourth-order valence-electron chi connectivity index (χ4n) is 3.91. The SMILES string of the molecule is CCc1ccc(-c2csc(NC(=O)C3CCN(S(=O)(=O)c4c(C)noc4C)CC3)n2)cc1. The van der Waals surface area contributed by atoms with Gasteiger partial charge in [0, 0.05) is 30.0 Å². The molecule has 0 atom stereocenters. The summed E-state index contributed by atoms with van der Waals surface area (Å²) in [5, 5.41) is 9.13. The summed E-state index contributed by atoms with van der Waals surface area (Å²) < 4.78 is 32.3. The molecular formula is C22H26N4O4S2. The maximum Gasteiger partial charge on any atom is 0.248 e. The number of nitrogens with zero attached hydrogens (tertiary/aromatic N) is 3. The Morgan fingerprint density at radius 3 is 2.50 bits per heavy atom. The molecule has 1 N–H and O–H groups in total. The molecule has 0 aliphatic carbocycles. The van der Waals surface area contributed by atoms with Crippen molar-refractivity contribution in [3.05, 3.63) is 46.7 Å². The molecule has 10 heteroatoms. The predicted molar refractivity (Wildman–Crippen MR) is 123 cm³/mol. The molecule has 1 amide bonds. The third-order valence-corrected chi connectivity index (χ3v) is 8.68. The van der Waals surface area contributed by atoms with Gasteiger partial charge in [-0.1, -0.05) is 36.3 Å². The fraction of sp³-hybridized carbons (Fsp3) is 0.409. The van der Waals surface area contributed by atoms with Gasteiger partial charge < -0.3 is 9.84 Å². The molecule has 1 aliphatic heterocycles. The topological polar surface area (TPSA) is 105 Å². The number of hydrogen-bond donors (Lipinski definition) is 1. The molecule has 2 aromatic heterocycles. The molecule has 1 saturated heterocycles. The molecule has 32 heavy (non-hydrogen) atoms. The molecule has 1 aromatic carbocycles. The van der Waals surface area contributed by atoms with Crippen LogP contribution in [0.3, 0.4) is 0 Å². The first-order chi connectivity index (χ1) is 15.3. The van der Waals surface area contributed by atoms with Crippen LogP contribution in [0.2, 0.25) is 0 Å². The third-order valence-electron chi connectivity index (χ3n) is 5.78. The van der Waals surface area contributed by atoms with Gasteiger partial charge in [0.2, 0.25) is 15.9 Å². The Bertz CT molecular complexity index is 1190. The molecule has 3 aromatic rings. The number of amides is 1. The second kappa shape index (κ2) is 9.13. The Morgan fingerprint density at radius 1 is 1.22 bits per heavy atom. The molecule has 0 saturated carbocycles. The highest BCUT2D eigenvalue weighted by Crippen LogP contribution is 2.29. The van der Waals surface area contributed by atoms with E-state index in [1.165, 1.54) is 21.2 Å². The summed E-state index contributed by atoms with van der Waals surface area (Å²) in [6.45, 7) is 5.87. The van der Waals surface area contributed by atoms with E-state index in [2.05, 4.69) is 34.5 Å². The van der Waals surface area contributed by atoms with Crippen molar-refractivity contribution in [2.45, 2.75) is 44.9 Å². The summed E-state index contributed by atoms with van der Waals surface area (Å²) in [5.41, 5.74) is 3.46. The van der Waals surface area contributed by atoms with E-state index < -0.39 is 10.0 Å². The number of thiazole rings is 1. The van der Waals surface area contributed by atoms with Gasteiger partial charge in [0.25, 0.3) is 0 Å². The Balaban J connectivity index is 1.36. The summed E-state index contributed by atoms with van der Waals surface area (Å²) in [6, 6.07) is 8.23. The highest BCUT2D eigenvalue weighted by molar-refractivity contribution is 7.89. The Morgan fingerprint density at radius 2 is 1.91 bits per heavy atom. The Labute approximate surface area is 191 Å². The van der Waals surface area contributed by atoms with E-state index in [4.69, 9.17) is 4.52 Å². The molecule has 0 bridgehead atoms. The van der Waals surface area contributed by atoms with Crippen molar-refractivity contribution in [2.75, 3.05) is 18.4 Å². The highest BCUT2D eigenvalue weighted by atomic mass is 32.2.